The van der Waals surface area contributed by atoms with Crippen LogP contribution in [0.1, 0.15) is 0 Å². The molecular weight excluding hydrogens is 541 g/mol. The van der Waals surface area contributed by atoms with E-state index in [0.717, 1.165) is 39.3 Å². The predicted molar refractivity (Wildman–Crippen MR) is 178 cm³/mol. The van der Waals surface area contributed by atoms with Gasteiger partial charge in [-0.2, -0.15) is 0 Å². The third-order valence-electron chi connectivity index (χ3n) is 9.81. The predicted octanol–water partition coefficient (Wildman–Crippen LogP) is 5.84. The summed E-state index contributed by atoms with van der Waals surface area (Å²) in [5.41, 5.74) is 4.02. The van der Waals surface area contributed by atoms with Crippen LogP contribution in [0.25, 0.3) is 0 Å². The van der Waals surface area contributed by atoms with Crippen LogP contribution in [0.3, 0.4) is 0 Å². The Hall–Kier alpha value is -2.41. The molecular formula is C31H46N6Si3. The summed E-state index contributed by atoms with van der Waals surface area (Å²) in [5, 5.41) is 0. The lowest BCUT2D eigenvalue weighted by molar-refractivity contribution is 0.366. The SMILES string of the molecule is C[Si]1(C)N2CCN3CCN(CC2)[Si](C)(C)N(c2ccccc2)C(N1c1ccccc1)N(c1ccccc1)[Si]3(C)C. The zero-order valence-corrected chi connectivity index (χ0v) is 28.2. The average molecular weight is 587 g/mol. The summed E-state index contributed by atoms with van der Waals surface area (Å²) in [6, 6.07) is 34.1. The highest BCUT2D eigenvalue weighted by Crippen LogP contribution is 2.42. The summed E-state index contributed by atoms with van der Waals surface area (Å²) in [7, 11) is -6.60. The van der Waals surface area contributed by atoms with Crippen molar-refractivity contribution in [2.75, 3.05) is 53.0 Å². The Balaban J connectivity index is 1.76. The molecule has 4 fully saturated rings. The molecule has 3 aromatic carbocycles. The van der Waals surface area contributed by atoms with Crippen LogP contribution in [0.15, 0.2) is 91.0 Å². The highest BCUT2D eigenvalue weighted by molar-refractivity contribution is 6.83. The van der Waals surface area contributed by atoms with Crippen molar-refractivity contribution in [2.24, 2.45) is 0 Å². The fourth-order valence-electron chi connectivity index (χ4n) is 7.47. The third kappa shape index (κ3) is 4.56. The van der Waals surface area contributed by atoms with Crippen molar-refractivity contribution in [3.05, 3.63) is 91.0 Å². The standard InChI is InChI=1S/C31H46N6Si3/c1-38(2)32-22-24-33-26-27-34(25-23-32)40(5,6)37(30-20-14-9-15-21-30)31(35(38)28-16-10-7-11-17-28)36(39(33,3)4)29-18-12-8-13-19-29/h7-21,31H,22-27H2,1-6H3. The van der Waals surface area contributed by atoms with Crippen LogP contribution in [-0.2, 0) is 0 Å². The van der Waals surface area contributed by atoms with Gasteiger partial charge in [0.15, 0.2) is 6.29 Å². The lowest BCUT2D eigenvalue weighted by Crippen LogP contribution is -2.79. The van der Waals surface area contributed by atoms with Gasteiger partial charge in [0.25, 0.3) is 0 Å². The molecule has 4 aliphatic rings. The lowest BCUT2D eigenvalue weighted by atomic mass is 10.3. The Morgan fingerprint density at radius 2 is 0.625 bits per heavy atom. The molecule has 7 rings (SSSR count). The van der Waals surface area contributed by atoms with E-state index in [1.54, 1.807) is 0 Å². The Morgan fingerprint density at radius 3 is 0.850 bits per heavy atom. The van der Waals surface area contributed by atoms with Crippen LogP contribution in [0.2, 0.25) is 39.3 Å². The Bertz CT molecular complexity index is 1120. The summed E-state index contributed by atoms with van der Waals surface area (Å²) < 4.78 is 17.5. The zero-order valence-electron chi connectivity index (χ0n) is 25.2. The first kappa shape index (κ1) is 27.7. The minimum absolute atomic E-state index is 0.0546. The second kappa shape index (κ2) is 10.5. The van der Waals surface area contributed by atoms with E-state index in [1.807, 2.05) is 0 Å². The molecule has 4 bridgehead atoms. The molecule has 0 spiro atoms. The zero-order chi connectivity index (χ0) is 28.1. The molecule has 6 nitrogen and oxygen atoms in total. The van der Waals surface area contributed by atoms with Crippen LogP contribution in [0.5, 0.6) is 0 Å². The van der Waals surface area contributed by atoms with Crippen LogP contribution >= 0.6 is 0 Å². The monoisotopic (exact) mass is 586 g/mol. The average Bonchev–Trinajstić information content (AvgIpc) is 3.09. The van der Waals surface area contributed by atoms with E-state index in [0.29, 0.717) is 0 Å². The second-order valence-corrected chi connectivity index (χ2v) is 25.2. The maximum Gasteiger partial charge on any atom is 0.232 e. The highest BCUT2D eigenvalue weighted by Gasteiger charge is 2.57. The van der Waals surface area contributed by atoms with E-state index in [4.69, 9.17) is 0 Å². The molecule has 0 radical (unpaired) electrons. The van der Waals surface area contributed by atoms with Crippen molar-refractivity contribution >= 4 is 42.3 Å². The van der Waals surface area contributed by atoms with Crippen molar-refractivity contribution in [1.29, 1.82) is 0 Å². The minimum atomic E-state index is -2.20. The van der Waals surface area contributed by atoms with Crippen LogP contribution in [-0.4, -0.2) is 84.4 Å². The third-order valence-corrected chi connectivity index (χ3v) is 20.8. The molecule has 212 valence electrons. The molecule has 4 aliphatic heterocycles. The van der Waals surface area contributed by atoms with E-state index in [2.05, 4.69) is 158 Å². The molecule has 0 N–H and O–H groups in total. The smallest absolute Gasteiger partial charge is 0.232 e. The summed E-state index contributed by atoms with van der Waals surface area (Å²) in [4.78, 5) is 0. The number of fused-ring (bicyclic) bond motifs is 6. The Kier molecular flexibility index (Phi) is 7.25. The van der Waals surface area contributed by atoms with Gasteiger partial charge in [0, 0.05) is 56.3 Å². The van der Waals surface area contributed by atoms with Crippen molar-refractivity contribution in [1.82, 2.24) is 13.7 Å². The summed E-state index contributed by atoms with van der Waals surface area (Å²) in [6.07, 6.45) is 0.0546. The van der Waals surface area contributed by atoms with Crippen LogP contribution in [0.4, 0.5) is 17.1 Å². The lowest BCUT2D eigenvalue weighted by Gasteiger charge is -2.60. The molecule has 0 unspecified atom stereocenters. The van der Waals surface area contributed by atoms with Crippen molar-refractivity contribution in [3.63, 3.8) is 0 Å². The molecule has 0 aliphatic carbocycles. The van der Waals surface area contributed by atoms with Gasteiger partial charge in [0.05, 0.1) is 0 Å². The van der Waals surface area contributed by atoms with Gasteiger partial charge in [-0.15, -0.1) is 0 Å². The number of anilines is 3. The van der Waals surface area contributed by atoms with E-state index in [-0.39, 0.29) is 6.29 Å². The highest BCUT2D eigenvalue weighted by atomic mass is 28.4. The molecule has 4 heterocycles. The van der Waals surface area contributed by atoms with Crippen molar-refractivity contribution in [3.8, 4) is 0 Å². The van der Waals surface area contributed by atoms with Gasteiger partial charge in [-0.05, 0) is 75.7 Å². The number of para-hydroxylation sites is 3. The van der Waals surface area contributed by atoms with Crippen LogP contribution < -0.4 is 13.7 Å². The minimum Gasteiger partial charge on any atom is -0.349 e. The summed E-state index contributed by atoms with van der Waals surface area (Å²) in [6.45, 7) is 22.4. The van der Waals surface area contributed by atoms with Gasteiger partial charge in [-0.25, -0.2) is 0 Å². The Labute approximate surface area is 244 Å². The van der Waals surface area contributed by atoms with Gasteiger partial charge in [-0.1, -0.05) is 54.6 Å². The number of benzene rings is 3. The molecule has 4 saturated heterocycles. The van der Waals surface area contributed by atoms with Crippen molar-refractivity contribution < 1.29 is 0 Å². The summed E-state index contributed by atoms with van der Waals surface area (Å²) >= 11 is 0. The molecule has 40 heavy (non-hydrogen) atoms. The van der Waals surface area contributed by atoms with Gasteiger partial charge in [0.1, 0.15) is 0 Å². The number of hydrogen-bond donors (Lipinski definition) is 0. The molecule has 0 atom stereocenters. The molecule has 0 saturated carbocycles. The van der Waals surface area contributed by atoms with E-state index < -0.39 is 25.2 Å². The van der Waals surface area contributed by atoms with E-state index in [1.165, 1.54) is 17.1 Å². The Morgan fingerprint density at radius 1 is 0.400 bits per heavy atom. The van der Waals surface area contributed by atoms with Gasteiger partial charge < -0.3 is 27.4 Å². The number of hydrogen-bond acceptors (Lipinski definition) is 6. The first-order chi connectivity index (χ1) is 19.1. The van der Waals surface area contributed by atoms with Gasteiger partial charge in [0.2, 0.25) is 25.2 Å². The normalized spacial score (nSPS) is 29.1. The number of nitrogens with zero attached hydrogens (tertiary/aromatic N) is 6. The molecule has 0 aromatic heterocycles. The molecule has 3 aromatic rings. The quantitative estimate of drug-likeness (QED) is 0.357. The fourth-order valence-corrected chi connectivity index (χ4v) is 17.3. The topological polar surface area (TPSA) is 19.4 Å². The first-order valence-corrected chi connectivity index (χ1v) is 23.6. The largest absolute Gasteiger partial charge is 0.349 e. The van der Waals surface area contributed by atoms with E-state index >= 15 is 0 Å². The summed E-state index contributed by atoms with van der Waals surface area (Å²) in [5.74, 6) is 0. The maximum atomic E-state index is 2.91. The maximum absolute atomic E-state index is 2.91. The second-order valence-electron chi connectivity index (χ2n) is 12.9. The van der Waals surface area contributed by atoms with Gasteiger partial charge in [-0.3, -0.25) is 0 Å². The van der Waals surface area contributed by atoms with Crippen LogP contribution in [0, 0.1) is 0 Å². The molecule has 9 heteroatoms. The van der Waals surface area contributed by atoms with Crippen molar-refractivity contribution in [2.45, 2.75) is 45.6 Å². The fraction of sp³-hybridized carbons (Fsp3) is 0.419. The van der Waals surface area contributed by atoms with Gasteiger partial charge >= 0.3 is 0 Å². The molecule has 0 amide bonds. The van der Waals surface area contributed by atoms with E-state index in [9.17, 15) is 0 Å². The number of rotatable bonds is 3. The first-order valence-electron chi connectivity index (χ1n) is 14.9.